The average Bonchev–Trinajstić information content (AvgIpc) is 2.99. The van der Waals surface area contributed by atoms with E-state index in [1.54, 1.807) is 36.7 Å². The topological polar surface area (TPSA) is 79.7 Å². The van der Waals surface area contributed by atoms with E-state index in [0.29, 0.717) is 28.4 Å². The Labute approximate surface area is 174 Å². The number of hydrogen-bond donors (Lipinski definition) is 1. The maximum atomic E-state index is 12.9. The van der Waals surface area contributed by atoms with Gasteiger partial charge in [0.15, 0.2) is 0 Å². The number of ketones is 1. The van der Waals surface area contributed by atoms with E-state index >= 15 is 0 Å². The fourth-order valence-electron chi connectivity index (χ4n) is 3.50. The molecule has 1 unspecified atom stereocenters. The number of amides is 1. The van der Waals surface area contributed by atoms with E-state index in [4.69, 9.17) is 16.3 Å². The second kappa shape index (κ2) is 9.09. The van der Waals surface area contributed by atoms with E-state index in [1.807, 2.05) is 0 Å². The molecular formula is C22H23ClN2O4. The molecule has 7 heteroatoms. The number of Topliss-reactive ketones (excluding diaryl/α,β-unsaturated/α-hetero) is 1. The number of likely N-dealkylation sites (tertiary alicyclic amines) is 1. The van der Waals surface area contributed by atoms with E-state index in [0.717, 1.165) is 19.3 Å². The number of nitrogens with zero attached hydrogens (tertiary/aromatic N) is 2. The molecule has 152 valence electrons. The zero-order valence-corrected chi connectivity index (χ0v) is 17.1. The highest BCUT2D eigenvalue weighted by Crippen LogP contribution is 2.40. The predicted molar refractivity (Wildman–Crippen MR) is 111 cm³/mol. The monoisotopic (exact) mass is 414 g/mol. The first-order chi connectivity index (χ1) is 14.0. The minimum Gasteiger partial charge on any atom is -0.507 e. The van der Waals surface area contributed by atoms with Crippen molar-refractivity contribution < 1.29 is 19.4 Å². The summed E-state index contributed by atoms with van der Waals surface area (Å²) in [6.07, 6.45) is 5.94. The van der Waals surface area contributed by atoms with Gasteiger partial charge in [0.2, 0.25) is 0 Å². The van der Waals surface area contributed by atoms with Gasteiger partial charge in [-0.05, 0) is 36.2 Å². The molecule has 0 saturated carbocycles. The molecule has 2 heterocycles. The average molecular weight is 415 g/mol. The smallest absolute Gasteiger partial charge is 0.295 e. The SMILES string of the molecule is CCCCCN1C(=O)C(=O)/C(=C(\O)c2ccc(OC)c(Cl)c2)C1c1cccnc1. The van der Waals surface area contributed by atoms with Gasteiger partial charge in [-0.1, -0.05) is 37.4 Å². The summed E-state index contributed by atoms with van der Waals surface area (Å²) in [7, 11) is 1.49. The van der Waals surface area contributed by atoms with Gasteiger partial charge in [-0.3, -0.25) is 14.6 Å². The number of aliphatic hydroxyl groups excluding tert-OH is 1. The molecule has 1 aliphatic heterocycles. The minimum absolute atomic E-state index is 0.0423. The van der Waals surface area contributed by atoms with Crippen molar-refractivity contribution in [3.05, 3.63) is 64.4 Å². The molecule has 6 nitrogen and oxygen atoms in total. The molecule has 1 amide bonds. The molecule has 0 spiro atoms. The summed E-state index contributed by atoms with van der Waals surface area (Å²) in [5.74, 6) is -1.14. The molecule has 2 aromatic rings. The van der Waals surface area contributed by atoms with Gasteiger partial charge in [0.25, 0.3) is 11.7 Å². The molecule has 1 aromatic heterocycles. The van der Waals surface area contributed by atoms with Crippen LogP contribution in [0.4, 0.5) is 0 Å². The zero-order valence-electron chi connectivity index (χ0n) is 16.4. The highest BCUT2D eigenvalue weighted by atomic mass is 35.5. The van der Waals surface area contributed by atoms with Crippen molar-refractivity contribution in [2.75, 3.05) is 13.7 Å². The van der Waals surface area contributed by atoms with Crippen LogP contribution in [-0.4, -0.2) is 40.3 Å². The highest BCUT2D eigenvalue weighted by molar-refractivity contribution is 6.46. The molecule has 1 aliphatic rings. The predicted octanol–water partition coefficient (Wildman–Crippen LogP) is 4.36. The lowest BCUT2D eigenvalue weighted by Crippen LogP contribution is -2.30. The molecule has 1 atom stereocenters. The van der Waals surface area contributed by atoms with E-state index in [-0.39, 0.29) is 11.3 Å². The molecule has 1 saturated heterocycles. The van der Waals surface area contributed by atoms with Crippen LogP contribution in [0.15, 0.2) is 48.3 Å². The van der Waals surface area contributed by atoms with Crippen LogP contribution in [0.3, 0.4) is 0 Å². The third kappa shape index (κ3) is 4.12. The first-order valence-corrected chi connectivity index (χ1v) is 9.89. The number of benzene rings is 1. The van der Waals surface area contributed by atoms with E-state index in [1.165, 1.54) is 18.1 Å². The summed E-state index contributed by atoms with van der Waals surface area (Å²) in [5.41, 5.74) is 1.06. The first kappa shape index (κ1) is 20.9. The Balaban J connectivity index is 2.11. The number of halogens is 1. The van der Waals surface area contributed by atoms with Crippen LogP contribution in [0.5, 0.6) is 5.75 Å². The summed E-state index contributed by atoms with van der Waals surface area (Å²) < 4.78 is 5.14. The van der Waals surface area contributed by atoms with Crippen LogP contribution in [0, 0.1) is 0 Å². The van der Waals surface area contributed by atoms with Crippen LogP contribution < -0.4 is 4.74 Å². The normalized spacial score (nSPS) is 18.3. The minimum atomic E-state index is -0.709. The molecule has 29 heavy (non-hydrogen) atoms. The number of aliphatic hydroxyl groups is 1. The maximum absolute atomic E-state index is 12.9. The van der Waals surface area contributed by atoms with Crippen molar-refractivity contribution in [2.45, 2.75) is 32.2 Å². The maximum Gasteiger partial charge on any atom is 0.295 e. The summed E-state index contributed by atoms with van der Waals surface area (Å²) >= 11 is 6.18. The number of aromatic nitrogens is 1. The standard InChI is InChI=1S/C22H23ClN2O4/c1-3-4-5-11-25-19(15-7-6-10-24-13-15)18(21(27)22(25)28)20(26)14-8-9-17(29-2)16(23)12-14/h6-10,12-13,19,26H,3-5,11H2,1-2H3/b20-18-. The second-order valence-corrected chi connectivity index (χ2v) is 7.24. The zero-order chi connectivity index (χ0) is 21.0. The number of carbonyl (C=O) groups excluding carboxylic acids is 2. The van der Waals surface area contributed by atoms with Crippen molar-refractivity contribution >= 4 is 29.1 Å². The summed E-state index contributed by atoms with van der Waals surface area (Å²) in [5, 5.41) is 11.3. The van der Waals surface area contributed by atoms with Crippen molar-refractivity contribution in [2.24, 2.45) is 0 Å². The van der Waals surface area contributed by atoms with Crippen molar-refractivity contribution in [1.29, 1.82) is 0 Å². The fraction of sp³-hybridized carbons (Fsp3) is 0.318. The number of unbranched alkanes of at least 4 members (excludes halogenated alkanes) is 2. The molecule has 1 N–H and O–H groups in total. The summed E-state index contributed by atoms with van der Waals surface area (Å²) in [4.78, 5) is 31.3. The van der Waals surface area contributed by atoms with Gasteiger partial charge in [-0.25, -0.2) is 0 Å². The van der Waals surface area contributed by atoms with E-state index < -0.39 is 17.7 Å². The first-order valence-electron chi connectivity index (χ1n) is 9.51. The quantitative estimate of drug-likeness (QED) is 0.315. The summed E-state index contributed by atoms with van der Waals surface area (Å²) in [6.45, 7) is 2.50. The van der Waals surface area contributed by atoms with Crippen molar-refractivity contribution in [1.82, 2.24) is 9.88 Å². The van der Waals surface area contributed by atoms with Crippen LogP contribution >= 0.6 is 11.6 Å². The number of rotatable bonds is 7. The summed E-state index contributed by atoms with van der Waals surface area (Å²) in [6, 6.07) is 7.57. The Morgan fingerprint density at radius 3 is 2.69 bits per heavy atom. The molecular weight excluding hydrogens is 392 g/mol. The Morgan fingerprint density at radius 2 is 2.07 bits per heavy atom. The third-order valence-corrected chi connectivity index (χ3v) is 5.26. The van der Waals surface area contributed by atoms with Crippen LogP contribution in [-0.2, 0) is 9.59 Å². The lowest BCUT2D eigenvalue weighted by atomic mass is 9.96. The number of ether oxygens (including phenoxy) is 1. The Bertz CT molecular complexity index is 943. The molecule has 0 bridgehead atoms. The van der Waals surface area contributed by atoms with E-state index in [2.05, 4.69) is 11.9 Å². The van der Waals surface area contributed by atoms with Crippen molar-refractivity contribution in [3.8, 4) is 5.75 Å². The molecule has 0 aliphatic carbocycles. The molecule has 1 fully saturated rings. The number of hydrogen-bond acceptors (Lipinski definition) is 5. The van der Waals surface area contributed by atoms with Gasteiger partial charge in [-0.2, -0.15) is 0 Å². The van der Waals surface area contributed by atoms with Gasteiger partial charge >= 0.3 is 0 Å². The molecule has 0 radical (unpaired) electrons. The van der Waals surface area contributed by atoms with E-state index in [9.17, 15) is 14.7 Å². The lowest BCUT2D eigenvalue weighted by molar-refractivity contribution is -0.139. The van der Waals surface area contributed by atoms with Crippen molar-refractivity contribution in [3.63, 3.8) is 0 Å². The van der Waals surface area contributed by atoms with Gasteiger partial charge in [0, 0.05) is 24.5 Å². The number of carbonyl (C=O) groups is 2. The van der Waals surface area contributed by atoms with Gasteiger partial charge < -0.3 is 14.7 Å². The van der Waals surface area contributed by atoms with Crippen LogP contribution in [0.25, 0.3) is 5.76 Å². The molecule has 3 rings (SSSR count). The third-order valence-electron chi connectivity index (χ3n) is 4.97. The van der Waals surface area contributed by atoms with Gasteiger partial charge in [0.05, 0.1) is 23.7 Å². The Kier molecular flexibility index (Phi) is 6.54. The Morgan fingerprint density at radius 1 is 1.28 bits per heavy atom. The lowest BCUT2D eigenvalue weighted by Gasteiger charge is -2.25. The van der Waals surface area contributed by atoms with Gasteiger partial charge in [0.1, 0.15) is 11.5 Å². The van der Waals surface area contributed by atoms with Crippen LogP contribution in [0.2, 0.25) is 5.02 Å². The molecule has 1 aromatic carbocycles. The van der Waals surface area contributed by atoms with Gasteiger partial charge in [-0.15, -0.1) is 0 Å². The highest BCUT2D eigenvalue weighted by Gasteiger charge is 2.45. The Hall–Kier alpha value is -2.86. The van der Waals surface area contributed by atoms with Crippen LogP contribution in [0.1, 0.15) is 43.4 Å². The second-order valence-electron chi connectivity index (χ2n) is 6.84. The number of methoxy groups -OCH3 is 1. The largest absolute Gasteiger partial charge is 0.507 e. The number of pyridine rings is 1. The fourth-order valence-corrected chi connectivity index (χ4v) is 3.75.